The third kappa shape index (κ3) is 3.88. The largest absolute Gasteiger partial charge is 0.310 e. The Morgan fingerprint density at radius 3 is 2.85 bits per heavy atom. The number of likely N-dealkylation sites (tertiary alicyclic amines) is 1. The van der Waals surface area contributed by atoms with Crippen LogP contribution in [0, 0.1) is 0 Å². The van der Waals surface area contributed by atoms with Crippen molar-refractivity contribution in [1.82, 2.24) is 15.2 Å². The minimum atomic E-state index is 0.662. The minimum Gasteiger partial charge on any atom is -0.310 e. The molecule has 2 aromatic heterocycles. The Bertz CT molecular complexity index is 490. The van der Waals surface area contributed by atoms with Crippen LogP contribution in [0.4, 0.5) is 0 Å². The van der Waals surface area contributed by atoms with E-state index in [1.807, 2.05) is 12.3 Å². The van der Waals surface area contributed by atoms with Crippen LogP contribution in [0.15, 0.2) is 41.2 Å². The van der Waals surface area contributed by atoms with Crippen molar-refractivity contribution in [2.45, 2.75) is 32.0 Å². The molecule has 1 aliphatic rings. The van der Waals surface area contributed by atoms with E-state index in [1.165, 1.54) is 24.1 Å². The smallest absolute Gasteiger partial charge is 0.0543 e. The van der Waals surface area contributed by atoms with Gasteiger partial charge in [-0.2, -0.15) is 11.3 Å². The first-order chi connectivity index (χ1) is 9.90. The summed E-state index contributed by atoms with van der Waals surface area (Å²) in [7, 11) is 0. The number of hydrogen-bond acceptors (Lipinski definition) is 4. The molecule has 106 valence electrons. The second-order valence-corrected chi connectivity index (χ2v) is 6.16. The average molecular weight is 287 g/mol. The number of rotatable bonds is 5. The number of nitrogens with one attached hydrogen (secondary N) is 1. The molecule has 1 aliphatic heterocycles. The second-order valence-electron chi connectivity index (χ2n) is 5.38. The highest BCUT2D eigenvalue weighted by atomic mass is 32.1. The number of hydrogen-bond donors (Lipinski definition) is 1. The van der Waals surface area contributed by atoms with Gasteiger partial charge in [-0.15, -0.1) is 0 Å². The molecule has 3 nitrogen and oxygen atoms in total. The van der Waals surface area contributed by atoms with Gasteiger partial charge in [0.25, 0.3) is 0 Å². The predicted octanol–water partition coefficient (Wildman–Crippen LogP) is 2.90. The molecular formula is C16H21N3S. The zero-order valence-electron chi connectivity index (χ0n) is 11.7. The maximum atomic E-state index is 4.41. The van der Waals surface area contributed by atoms with Crippen LogP contribution < -0.4 is 5.32 Å². The van der Waals surface area contributed by atoms with Crippen molar-refractivity contribution in [1.29, 1.82) is 0 Å². The van der Waals surface area contributed by atoms with Gasteiger partial charge in [-0.1, -0.05) is 6.07 Å². The zero-order valence-corrected chi connectivity index (χ0v) is 12.5. The van der Waals surface area contributed by atoms with Gasteiger partial charge >= 0.3 is 0 Å². The van der Waals surface area contributed by atoms with Crippen molar-refractivity contribution in [2.75, 3.05) is 13.1 Å². The lowest BCUT2D eigenvalue weighted by Crippen LogP contribution is -2.41. The SMILES string of the molecule is c1ccc(CN2CCC(NCc3ccsc3)CC2)nc1. The van der Waals surface area contributed by atoms with Crippen LogP contribution in [-0.4, -0.2) is 29.0 Å². The van der Waals surface area contributed by atoms with Crippen LogP contribution in [0.2, 0.25) is 0 Å². The molecule has 3 heterocycles. The van der Waals surface area contributed by atoms with Crippen molar-refractivity contribution in [3.63, 3.8) is 0 Å². The first-order valence-electron chi connectivity index (χ1n) is 7.27. The number of pyridine rings is 1. The van der Waals surface area contributed by atoms with Gasteiger partial charge < -0.3 is 5.32 Å². The first-order valence-corrected chi connectivity index (χ1v) is 8.21. The molecule has 2 aromatic rings. The minimum absolute atomic E-state index is 0.662. The molecule has 1 saturated heterocycles. The van der Waals surface area contributed by atoms with Gasteiger partial charge in [0.15, 0.2) is 0 Å². The highest BCUT2D eigenvalue weighted by molar-refractivity contribution is 7.07. The second kappa shape index (κ2) is 6.97. The molecule has 0 unspecified atom stereocenters. The normalized spacial score (nSPS) is 17.4. The molecule has 0 saturated carbocycles. The molecule has 0 aromatic carbocycles. The Hall–Kier alpha value is -1.23. The summed E-state index contributed by atoms with van der Waals surface area (Å²) in [5.41, 5.74) is 2.59. The molecule has 0 bridgehead atoms. The van der Waals surface area contributed by atoms with Crippen LogP contribution in [-0.2, 0) is 13.1 Å². The van der Waals surface area contributed by atoms with Gasteiger partial charge in [0.2, 0.25) is 0 Å². The quantitative estimate of drug-likeness (QED) is 0.916. The highest BCUT2D eigenvalue weighted by Gasteiger charge is 2.18. The predicted molar refractivity (Wildman–Crippen MR) is 83.7 cm³/mol. The van der Waals surface area contributed by atoms with E-state index in [1.54, 1.807) is 11.3 Å². The third-order valence-electron chi connectivity index (χ3n) is 3.87. The highest BCUT2D eigenvalue weighted by Crippen LogP contribution is 2.14. The standard InChI is InChI=1S/C16H21N3S/c1-2-7-17-16(3-1)12-19-8-4-15(5-9-19)18-11-14-6-10-20-13-14/h1-3,6-7,10,13,15,18H,4-5,8-9,11-12H2. The van der Waals surface area contributed by atoms with Gasteiger partial charge in [-0.25, -0.2) is 0 Å². The van der Waals surface area contributed by atoms with E-state index in [9.17, 15) is 0 Å². The van der Waals surface area contributed by atoms with Crippen molar-refractivity contribution >= 4 is 11.3 Å². The van der Waals surface area contributed by atoms with Gasteiger partial charge in [0, 0.05) is 38.4 Å². The Morgan fingerprint density at radius 2 is 2.15 bits per heavy atom. The number of aromatic nitrogens is 1. The summed E-state index contributed by atoms with van der Waals surface area (Å²) in [4.78, 5) is 6.91. The molecule has 0 radical (unpaired) electrons. The number of piperidine rings is 1. The molecule has 0 amide bonds. The summed E-state index contributed by atoms with van der Waals surface area (Å²) in [6, 6.07) is 9.02. The molecule has 3 rings (SSSR count). The van der Waals surface area contributed by atoms with E-state index in [0.29, 0.717) is 6.04 Å². The first kappa shape index (κ1) is 13.7. The van der Waals surface area contributed by atoms with Crippen LogP contribution in [0.5, 0.6) is 0 Å². The fourth-order valence-electron chi connectivity index (χ4n) is 2.67. The Kier molecular flexibility index (Phi) is 4.79. The molecule has 4 heteroatoms. The third-order valence-corrected chi connectivity index (χ3v) is 4.61. The molecular weight excluding hydrogens is 266 g/mol. The van der Waals surface area contributed by atoms with Gasteiger partial charge in [-0.3, -0.25) is 9.88 Å². The van der Waals surface area contributed by atoms with Crippen molar-refractivity contribution < 1.29 is 0 Å². The molecule has 0 aliphatic carbocycles. The average Bonchev–Trinajstić information content (AvgIpc) is 3.01. The van der Waals surface area contributed by atoms with E-state index < -0.39 is 0 Å². The monoisotopic (exact) mass is 287 g/mol. The van der Waals surface area contributed by atoms with Gasteiger partial charge in [-0.05, 0) is 47.4 Å². The van der Waals surface area contributed by atoms with Gasteiger partial charge in [0.1, 0.15) is 0 Å². The lowest BCUT2D eigenvalue weighted by atomic mass is 10.0. The molecule has 0 atom stereocenters. The van der Waals surface area contributed by atoms with E-state index in [2.05, 4.69) is 44.2 Å². The maximum Gasteiger partial charge on any atom is 0.0543 e. The van der Waals surface area contributed by atoms with E-state index in [4.69, 9.17) is 0 Å². The fraction of sp³-hybridized carbons (Fsp3) is 0.438. The Balaban J connectivity index is 1.40. The molecule has 1 N–H and O–H groups in total. The topological polar surface area (TPSA) is 28.2 Å². The summed E-state index contributed by atoms with van der Waals surface area (Å²) in [5.74, 6) is 0. The Morgan fingerprint density at radius 1 is 1.25 bits per heavy atom. The lowest BCUT2D eigenvalue weighted by molar-refractivity contribution is 0.188. The van der Waals surface area contributed by atoms with Crippen molar-refractivity contribution in [3.05, 3.63) is 52.5 Å². The van der Waals surface area contributed by atoms with Crippen molar-refractivity contribution in [2.24, 2.45) is 0 Å². The van der Waals surface area contributed by atoms with E-state index in [0.717, 1.165) is 26.2 Å². The number of nitrogens with zero attached hydrogens (tertiary/aromatic N) is 2. The maximum absolute atomic E-state index is 4.41. The lowest BCUT2D eigenvalue weighted by Gasteiger charge is -2.32. The summed E-state index contributed by atoms with van der Waals surface area (Å²) in [6.45, 7) is 4.32. The van der Waals surface area contributed by atoms with Crippen molar-refractivity contribution in [3.8, 4) is 0 Å². The van der Waals surface area contributed by atoms with Crippen LogP contribution in [0.3, 0.4) is 0 Å². The summed E-state index contributed by atoms with van der Waals surface area (Å²) < 4.78 is 0. The van der Waals surface area contributed by atoms with Gasteiger partial charge in [0.05, 0.1) is 5.69 Å². The summed E-state index contributed by atoms with van der Waals surface area (Å²) >= 11 is 1.77. The molecule has 20 heavy (non-hydrogen) atoms. The molecule has 0 spiro atoms. The van der Waals surface area contributed by atoms with E-state index in [-0.39, 0.29) is 0 Å². The number of thiophene rings is 1. The van der Waals surface area contributed by atoms with E-state index >= 15 is 0 Å². The van der Waals surface area contributed by atoms with Crippen LogP contribution in [0.1, 0.15) is 24.1 Å². The van der Waals surface area contributed by atoms with Crippen LogP contribution in [0.25, 0.3) is 0 Å². The van der Waals surface area contributed by atoms with Crippen LogP contribution >= 0.6 is 11.3 Å². The Labute approximate surface area is 124 Å². The molecule has 1 fully saturated rings. The summed E-state index contributed by atoms with van der Waals surface area (Å²) in [5, 5.41) is 8.04. The summed E-state index contributed by atoms with van der Waals surface area (Å²) in [6.07, 6.45) is 4.35. The fourth-order valence-corrected chi connectivity index (χ4v) is 3.34. The zero-order chi connectivity index (χ0) is 13.6.